The van der Waals surface area contributed by atoms with Gasteiger partial charge in [0.05, 0.1) is 5.60 Å². The van der Waals surface area contributed by atoms with E-state index < -0.39 is 5.60 Å². The zero-order valence-corrected chi connectivity index (χ0v) is 12.9. The average Bonchev–Trinajstić information content (AvgIpc) is 2.40. The number of rotatable bonds is 3. The summed E-state index contributed by atoms with van der Waals surface area (Å²) in [5.41, 5.74) is 0.715. The number of halogens is 1. The van der Waals surface area contributed by atoms with E-state index in [0.29, 0.717) is 5.92 Å². The molecule has 0 aliphatic heterocycles. The van der Waals surface area contributed by atoms with Crippen molar-refractivity contribution in [1.29, 1.82) is 0 Å². The smallest absolute Gasteiger partial charge is 0.0899 e. The monoisotopic (exact) mass is 310 g/mol. The fourth-order valence-corrected chi connectivity index (χ4v) is 3.50. The molecular formula is C16H23BrO. The van der Waals surface area contributed by atoms with Crippen LogP contribution < -0.4 is 0 Å². The second-order valence-electron chi connectivity index (χ2n) is 6.31. The number of hydrogen-bond donors (Lipinski definition) is 1. The molecule has 100 valence electrons. The van der Waals surface area contributed by atoms with Gasteiger partial charge in [-0.3, -0.25) is 0 Å². The molecule has 1 saturated carbocycles. The molecule has 1 fully saturated rings. The molecule has 0 radical (unpaired) electrons. The summed E-state index contributed by atoms with van der Waals surface area (Å²) in [4.78, 5) is 0. The van der Waals surface area contributed by atoms with Crippen LogP contribution in [-0.2, 0) is 5.60 Å². The molecule has 0 saturated heterocycles. The molecule has 1 aromatic carbocycles. The van der Waals surface area contributed by atoms with Crippen LogP contribution in [0.15, 0.2) is 30.3 Å². The van der Waals surface area contributed by atoms with E-state index in [-0.39, 0.29) is 5.41 Å². The maximum Gasteiger partial charge on any atom is 0.0899 e. The molecule has 0 aromatic heterocycles. The van der Waals surface area contributed by atoms with Crippen molar-refractivity contribution < 1.29 is 5.11 Å². The predicted molar refractivity (Wildman–Crippen MR) is 79.9 cm³/mol. The molecule has 2 unspecified atom stereocenters. The van der Waals surface area contributed by atoms with Gasteiger partial charge >= 0.3 is 0 Å². The van der Waals surface area contributed by atoms with Crippen LogP contribution in [0.4, 0.5) is 0 Å². The first kappa shape index (κ1) is 14.1. The number of alkyl halides is 1. The Kier molecular flexibility index (Phi) is 4.18. The van der Waals surface area contributed by atoms with Crippen LogP contribution in [0, 0.1) is 11.3 Å². The van der Waals surface area contributed by atoms with Gasteiger partial charge in [-0.05, 0) is 42.6 Å². The Morgan fingerprint density at radius 3 is 2.61 bits per heavy atom. The summed E-state index contributed by atoms with van der Waals surface area (Å²) in [5, 5.41) is 12.0. The van der Waals surface area contributed by atoms with Gasteiger partial charge in [0.25, 0.3) is 0 Å². The van der Waals surface area contributed by atoms with Crippen LogP contribution in [0.1, 0.15) is 45.1 Å². The van der Waals surface area contributed by atoms with Crippen molar-refractivity contribution in [3.05, 3.63) is 35.9 Å². The summed E-state index contributed by atoms with van der Waals surface area (Å²) in [5.74, 6) is 0.579. The van der Waals surface area contributed by atoms with E-state index in [1.54, 1.807) is 0 Å². The molecule has 0 bridgehead atoms. The Bertz CT molecular complexity index is 387. The summed E-state index contributed by atoms with van der Waals surface area (Å²) in [6, 6.07) is 10.2. The van der Waals surface area contributed by atoms with Gasteiger partial charge in [0.1, 0.15) is 0 Å². The maximum atomic E-state index is 11.0. The van der Waals surface area contributed by atoms with Crippen molar-refractivity contribution >= 4 is 15.9 Å². The van der Waals surface area contributed by atoms with E-state index in [9.17, 15) is 5.11 Å². The van der Waals surface area contributed by atoms with Gasteiger partial charge < -0.3 is 5.11 Å². The minimum Gasteiger partial charge on any atom is -0.385 e. The lowest BCUT2D eigenvalue weighted by Gasteiger charge is -2.43. The van der Waals surface area contributed by atoms with Gasteiger partial charge in [0.2, 0.25) is 0 Å². The van der Waals surface area contributed by atoms with Crippen molar-refractivity contribution in [2.24, 2.45) is 11.3 Å². The molecule has 1 N–H and O–H groups in total. The molecule has 2 rings (SSSR count). The first-order valence-corrected chi connectivity index (χ1v) is 7.94. The highest BCUT2D eigenvalue weighted by Gasteiger charge is 2.41. The molecule has 0 spiro atoms. The van der Waals surface area contributed by atoms with E-state index >= 15 is 0 Å². The first-order valence-electron chi connectivity index (χ1n) is 6.82. The lowest BCUT2D eigenvalue weighted by atomic mass is 9.66. The predicted octanol–water partition coefficient (Wildman–Crippen LogP) is 4.49. The van der Waals surface area contributed by atoms with Gasteiger partial charge in [-0.15, -0.1) is 0 Å². The highest BCUT2D eigenvalue weighted by molar-refractivity contribution is 9.09. The van der Waals surface area contributed by atoms with Gasteiger partial charge in [-0.1, -0.05) is 60.1 Å². The maximum absolute atomic E-state index is 11.0. The van der Waals surface area contributed by atoms with E-state index in [0.717, 1.165) is 30.2 Å². The number of benzene rings is 1. The molecule has 1 aliphatic rings. The third-order valence-electron chi connectivity index (χ3n) is 4.49. The summed E-state index contributed by atoms with van der Waals surface area (Å²) < 4.78 is 0. The average molecular weight is 311 g/mol. The van der Waals surface area contributed by atoms with Crippen molar-refractivity contribution in [2.75, 3.05) is 5.33 Å². The minimum absolute atomic E-state index is 0.253. The van der Waals surface area contributed by atoms with Crippen molar-refractivity contribution in [3.63, 3.8) is 0 Å². The fraction of sp³-hybridized carbons (Fsp3) is 0.625. The molecule has 1 aliphatic carbocycles. The largest absolute Gasteiger partial charge is 0.385 e. The Morgan fingerprint density at radius 2 is 2.00 bits per heavy atom. The zero-order chi connectivity index (χ0) is 13.2. The molecule has 18 heavy (non-hydrogen) atoms. The summed E-state index contributed by atoms with van der Waals surface area (Å²) in [6.45, 7) is 4.59. The third-order valence-corrected chi connectivity index (χ3v) is 5.93. The second kappa shape index (κ2) is 5.34. The standard InChI is InChI=1S/C16H23BrO/c1-15(2,12-17)14-9-6-10-16(18,11-14)13-7-4-3-5-8-13/h3-5,7-8,14,18H,6,9-12H2,1-2H3. The molecule has 0 heterocycles. The van der Waals surface area contributed by atoms with Gasteiger partial charge in [0.15, 0.2) is 0 Å². The van der Waals surface area contributed by atoms with E-state index in [2.05, 4.69) is 41.9 Å². The number of hydrogen-bond acceptors (Lipinski definition) is 1. The molecule has 2 atom stereocenters. The Balaban J connectivity index is 2.20. The normalized spacial score (nSPS) is 29.2. The molecule has 2 heteroatoms. The van der Waals surface area contributed by atoms with Crippen molar-refractivity contribution in [2.45, 2.75) is 45.1 Å². The van der Waals surface area contributed by atoms with Crippen LogP contribution in [0.5, 0.6) is 0 Å². The lowest BCUT2D eigenvalue weighted by molar-refractivity contribution is -0.0419. The lowest BCUT2D eigenvalue weighted by Crippen LogP contribution is -2.39. The minimum atomic E-state index is -0.621. The van der Waals surface area contributed by atoms with Gasteiger partial charge in [0, 0.05) is 5.33 Å². The summed E-state index contributed by atoms with van der Waals surface area (Å²) >= 11 is 3.62. The SMILES string of the molecule is CC(C)(CBr)C1CCCC(O)(c2ccccc2)C1. The highest BCUT2D eigenvalue weighted by atomic mass is 79.9. The Labute approximate surface area is 119 Å². The Hall–Kier alpha value is -0.340. The zero-order valence-electron chi connectivity index (χ0n) is 11.3. The molecular weight excluding hydrogens is 288 g/mol. The summed E-state index contributed by atoms with van der Waals surface area (Å²) in [7, 11) is 0. The van der Waals surface area contributed by atoms with Crippen molar-refractivity contribution in [3.8, 4) is 0 Å². The first-order chi connectivity index (χ1) is 8.48. The summed E-state index contributed by atoms with van der Waals surface area (Å²) in [6.07, 6.45) is 4.13. The van der Waals surface area contributed by atoms with Crippen LogP contribution in [0.25, 0.3) is 0 Å². The van der Waals surface area contributed by atoms with E-state index in [1.807, 2.05) is 18.2 Å². The molecule has 0 amide bonds. The van der Waals surface area contributed by atoms with Crippen molar-refractivity contribution in [1.82, 2.24) is 0 Å². The second-order valence-corrected chi connectivity index (χ2v) is 6.87. The third kappa shape index (κ3) is 2.80. The molecule has 1 nitrogen and oxygen atoms in total. The molecule has 1 aromatic rings. The topological polar surface area (TPSA) is 20.2 Å². The number of aliphatic hydroxyl groups is 1. The van der Waals surface area contributed by atoms with Crippen LogP contribution in [0.3, 0.4) is 0 Å². The highest BCUT2D eigenvalue weighted by Crippen LogP contribution is 2.47. The van der Waals surface area contributed by atoms with Crippen LogP contribution in [0.2, 0.25) is 0 Å². The Morgan fingerprint density at radius 1 is 1.33 bits per heavy atom. The van der Waals surface area contributed by atoms with Gasteiger partial charge in [-0.2, -0.15) is 0 Å². The van der Waals surface area contributed by atoms with Crippen LogP contribution in [-0.4, -0.2) is 10.4 Å². The van der Waals surface area contributed by atoms with E-state index in [1.165, 1.54) is 6.42 Å². The van der Waals surface area contributed by atoms with Crippen LogP contribution >= 0.6 is 15.9 Å². The van der Waals surface area contributed by atoms with E-state index in [4.69, 9.17) is 0 Å². The fourth-order valence-electron chi connectivity index (χ4n) is 3.04. The van der Waals surface area contributed by atoms with Gasteiger partial charge in [-0.25, -0.2) is 0 Å². The quantitative estimate of drug-likeness (QED) is 0.816.